The van der Waals surface area contributed by atoms with Gasteiger partial charge in [0.25, 0.3) is 0 Å². The van der Waals surface area contributed by atoms with Gasteiger partial charge in [-0.3, -0.25) is 4.90 Å². The number of rotatable bonds is 4. The van der Waals surface area contributed by atoms with Crippen molar-refractivity contribution in [2.24, 2.45) is 0 Å². The molecule has 1 amide bonds. The molecule has 0 saturated carbocycles. The lowest BCUT2D eigenvalue weighted by molar-refractivity contribution is 0.104. The van der Waals surface area contributed by atoms with Crippen LogP contribution in [0.4, 0.5) is 4.79 Å². The van der Waals surface area contributed by atoms with E-state index in [-0.39, 0.29) is 18.2 Å². The lowest BCUT2D eigenvalue weighted by Gasteiger charge is -2.37. The van der Waals surface area contributed by atoms with Crippen molar-refractivity contribution in [2.75, 3.05) is 32.7 Å². The Morgan fingerprint density at radius 1 is 1.04 bits per heavy atom. The van der Waals surface area contributed by atoms with E-state index in [1.165, 1.54) is 16.3 Å². The van der Waals surface area contributed by atoms with E-state index >= 15 is 0 Å². The fourth-order valence-corrected chi connectivity index (χ4v) is 4.89. The van der Waals surface area contributed by atoms with Crippen LogP contribution in [0.5, 0.6) is 0 Å². The number of nitrogens with one attached hydrogen (secondary N) is 1. The van der Waals surface area contributed by atoms with Crippen LogP contribution in [0, 0.1) is 0 Å². The van der Waals surface area contributed by atoms with E-state index in [9.17, 15) is 4.79 Å². The van der Waals surface area contributed by atoms with E-state index in [1.807, 2.05) is 4.90 Å². The molecule has 2 aromatic rings. The van der Waals surface area contributed by atoms with Gasteiger partial charge in [-0.15, -0.1) is 0 Å². The summed E-state index contributed by atoms with van der Waals surface area (Å²) in [5, 5.41) is 5.97. The Labute approximate surface area is 160 Å². The molecule has 5 rings (SSSR count). The van der Waals surface area contributed by atoms with Crippen LogP contribution in [0.3, 0.4) is 0 Å². The lowest BCUT2D eigenvalue weighted by atomic mass is 10.00. The highest BCUT2D eigenvalue weighted by molar-refractivity contribution is 5.83. The smallest absolute Gasteiger partial charge is 0.410 e. The number of benzene rings is 2. The minimum atomic E-state index is -0.0962. The van der Waals surface area contributed by atoms with Gasteiger partial charge in [0.05, 0.1) is 6.04 Å². The zero-order valence-electron chi connectivity index (χ0n) is 15.6. The first-order valence-electron chi connectivity index (χ1n) is 10.2. The van der Waals surface area contributed by atoms with Crippen molar-refractivity contribution >= 4 is 16.9 Å². The molecule has 5 nitrogen and oxygen atoms in total. The van der Waals surface area contributed by atoms with Gasteiger partial charge in [0.1, 0.15) is 6.10 Å². The fraction of sp³-hybridized carbons (Fsp3) is 0.500. The zero-order chi connectivity index (χ0) is 18.2. The second-order valence-electron chi connectivity index (χ2n) is 8.06. The minimum absolute atomic E-state index is 0.0587. The highest BCUT2D eigenvalue weighted by Crippen LogP contribution is 2.29. The summed E-state index contributed by atoms with van der Waals surface area (Å²) >= 11 is 0. The predicted octanol–water partition coefficient (Wildman–Crippen LogP) is 2.64. The molecule has 2 aromatic carbocycles. The molecule has 27 heavy (non-hydrogen) atoms. The summed E-state index contributed by atoms with van der Waals surface area (Å²) in [6.07, 6.45) is 3.15. The first-order valence-corrected chi connectivity index (χ1v) is 10.2. The standard InChI is InChI=1S/C22H27N3O2/c26-22-25(20-14-23-15-21(20)27-22)19-8-11-24(12-9-19)10-7-16-5-6-17-3-1-2-4-18(17)13-16/h1-6,13,19-21,23H,7-12,14-15H2/t20-,21+/m0/s1. The Bertz CT molecular complexity index is 831. The highest BCUT2D eigenvalue weighted by Gasteiger charge is 2.47. The van der Waals surface area contributed by atoms with Gasteiger partial charge in [-0.1, -0.05) is 42.5 Å². The van der Waals surface area contributed by atoms with Crippen molar-refractivity contribution in [3.63, 3.8) is 0 Å². The SMILES string of the molecule is O=C1O[C@@H]2CNC[C@@H]2N1C1CCN(CCc2ccc3ccccc3c2)CC1. The molecule has 0 spiro atoms. The Morgan fingerprint density at radius 2 is 1.85 bits per heavy atom. The van der Waals surface area contributed by atoms with Crippen LogP contribution in [0.25, 0.3) is 10.8 Å². The van der Waals surface area contributed by atoms with Crippen LogP contribution < -0.4 is 5.32 Å². The molecule has 3 fully saturated rings. The normalized spacial score (nSPS) is 26.5. The molecular formula is C22H27N3O2. The summed E-state index contributed by atoms with van der Waals surface area (Å²) in [6, 6.07) is 15.9. The maximum absolute atomic E-state index is 12.2. The maximum atomic E-state index is 12.2. The summed E-state index contributed by atoms with van der Waals surface area (Å²) in [6.45, 7) is 4.89. The second-order valence-corrected chi connectivity index (χ2v) is 8.06. The van der Waals surface area contributed by atoms with Gasteiger partial charge in [-0.05, 0) is 35.6 Å². The van der Waals surface area contributed by atoms with Gasteiger partial charge in [0, 0.05) is 38.8 Å². The molecule has 3 aliphatic rings. The zero-order valence-corrected chi connectivity index (χ0v) is 15.6. The third kappa shape index (κ3) is 3.30. The second kappa shape index (κ2) is 7.13. The maximum Gasteiger partial charge on any atom is 0.410 e. The molecule has 1 N–H and O–H groups in total. The van der Waals surface area contributed by atoms with E-state index in [4.69, 9.17) is 4.74 Å². The third-order valence-corrected chi connectivity index (χ3v) is 6.43. The van der Waals surface area contributed by atoms with Crippen molar-refractivity contribution in [1.29, 1.82) is 0 Å². The first kappa shape index (κ1) is 17.0. The molecule has 5 heteroatoms. The van der Waals surface area contributed by atoms with Crippen molar-refractivity contribution in [3.05, 3.63) is 48.0 Å². The number of amides is 1. The Kier molecular flexibility index (Phi) is 4.50. The summed E-state index contributed by atoms with van der Waals surface area (Å²) < 4.78 is 5.53. The summed E-state index contributed by atoms with van der Waals surface area (Å²) in [5.41, 5.74) is 1.40. The van der Waals surface area contributed by atoms with E-state index in [0.29, 0.717) is 6.04 Å². The first-order chi connectivity index (χ1) is 13.3. The van der Waals surface area contributed by atoms with Crippen LogP contribution >= 0.6 is 0 Å². The summed E-state index contributed by atoms with van der Waals surface area (Å²) in [5.74, 6) is 0. The molecule has 2 atom stereocenters. The molecule has 0 aromatic heterocycles. The molecule has 0 radical (unpaired) electrons. The number of piperidine rings is 1. The number of ether oxygens (including phenoxy) is 1. The van der Waals surface area contributed by atoms with Gasteiger partial charge in [-0.2, -0.15) is 0 Å². The topological polar surface area (TPSA) is 44.8 Å². The average molecular weight is 365 g/mol. The minimum Gasteiger partial charge on any atom is -0.442 e. The fourth-order valence-electron chi connectivity index (χ4n) is 4.89. The van der Waals surface area contributed by atoms with Crippen molar-refractivity contribution in [3.8, 4) is 0 Å². The molecule has 0 aliphatic carbocycles. The van der Waals surface area contributed by atoms with Gasteiger partial charge in [0.2, 0.25) is 0 Å². The third-order valence-electron chi connectivity index (χ3n) is 6.43. The molecule has 142 valence electrons. The van der Waals surface area contributed by atoms with Gasteiger partial charge in [-0.25, -0.2) is 4.79 Å². The van der Waals surface area contributed by atoms with Crippen LogP contribution in [0.2, 0.25) is 0 Å². The summed E-state index contributed by atoms with van der Waals surface area (Å²) in [7, 11) is 0. The average Bonchev–Trinajstić information content (AvgIpc) is 3.27. The van der Waals surface area contributed by atoms with Crippen LogP contribution in [-0.2, 0) is 11.2 Å². The summed E-state index contributed by atoms with van der Waals surface area (Å²) in [4.78, 5) is 16.8. The largest absolute Gasteiger partial charge is 0.442 e. The van der Waals surface area contributed by atoms with Crippen LogP contribution in [0.1, 0.15) is 18.4 Å². The van der Waals surface area contributed by atoms with E-state index in [1.54, 1.807) is 0 Å². The van der Waals surface area contributed by atoms with E-state index < -0.39 is 0 Å². The van der Waals surface area contributed by atoms with Crippen LogP contribution in [-0.4, -0.2) is 66.8 Å². The van der Waals surface area contributed by atoms with E-state index in [0.717, 1.165) is 52.0 Å². The number of nitrogens with zero attached hydrogens (tertiary/aromatic N) is 2. The van der Waals surface area contributed by atoms with Crippen LogP contribution in [0.15, 0.2) is 42.5 Å². The number of hydrogen-bond acceptors (Lipinski definition) is 4. The molecule has 3 saturated heterocycles. The Morgan fingerprint density at radius 3 is 2.70 bits per heavy atom. The van der Waals surface area contributed by atoms with Crippen molar-refractivity contribution in [2.45, 2.75) is 37.5 Å². The molecule has 3 aliphatic heterocycles. The van der Waals surface area contributed by atoms with Gasteiger partial charge < -0.3 is 15.0 Å². The number of hydrogen-bond donors (Lipinski definition) is 1. The monoisotopic (exact) mass is 365 g/mol. The molecule has 0 bridgehead atoms. The Balaban J connectivity index is 1.15. The molecule has 0 unspecified atom stereocenters. The number of fused-ring (bicyclic) bond motifs is 2. The number of likely N-dealkylation sites (tertiary alicyclic amines) is 1. The number of carbonyl (C=O) groups is 1. The Hall–Kier alpha value is -2.11. The molecular weight excluding hydrogens is 338 g/mol. The van der Waals surface area contributed by atoms with Gasteiger partial charge in [0.15, 0.2) is 0 Å². The quantitative estimate of drug-likeness (QED) is 0.905. The van der Waals surface area contributed by atoms with Gasteiger partial charge >= 0.3 is 6.09 Å². The molecule has 3 heterocycles. The van der Waals surface area contributed by atoms with Crippen molar-refractivity contribution < 1.29 is 9.53 Å². The predicted molar refractivity (Wildman–Crippen MR) is 106 cm³/mol. The lowest BCUT2D eigenvalue weighted by Crippen LogP contribution is -2.50. The van der Waals surface area contributed by atoms with Crippen molar-refractivity contribution in [1.82, 2.24) is 15.1 Å². The highest BCUT2D eigenvalue weighted by atomic mass is 16.6. The number of carbonyl (C=O) groups excluding carboxylic acids is 1. The van der Waals surface area contributed by atoms with E-state index in [2.05, 4.69) is 52.7 Å².